The van der Waals surface area contributed by atoms with Crippen LogP contribution in [-0.4, -0.2) is 36.7 Å². The Morgan fingerprint density at radius 1 is 1.06 bits per heavy atom. The van der Waals surface area contributed by atoms with Gasteiger partial charge in [-0.25, -0.2) is 19.2 Å². The second-order valence-corrected chi connectivity index (χ2v) is 10.9. The van der Waals surface area contributed by atoms with Crippen molar-refractivity contribution < 1.29 is 8.95 Å². The fraction of sp³-hybridized carbons (Fsp3) is 0.0800. The number of halogens is 1. The highest BCUT2D eigenvalue weighted by Gasteiger charge is 2.15. The molecule has 3 heterocycles. The summed E-state index contributed by atoms with van der Waals surface area (Å²) in [6.45, 7) is 0. The monoisotopic (exact) mass is 504 g/mol. The molecule has 176 valence electrons. The molecule has 0 aliphatic carbocycles. The summed E-state index contributed by atoms with van der Waals surface area (Å²) in [4.78, 5) is 16.5. The number of fused-ring (bicyclic) bond motifs is 1. The van der Waals surface area contributed by atoms with Crippen LogP contribution in [0.1, 0.15) is 0 Å². The number of nitrogens with one attached hydrogen (secondary N) is 2. The molecule has 3 aromatic heterocycles. The molecule has 5 rings (SSSR count). The van der Waals surface area contributed by atoms with Crippen molar-refractivity contribution in [1.82, 2.24) is 19.9 Å². The molecule has 0 amide bonds. The van der Waals surface area contributed by atoms with Crippen LogP contribution in [0.25, 0.3) is 22.2 Å². The first kappa shape index (κ1) is 22.8. The summed E-state index contributed by atoms with van der Waals surface area (Å²) in [5.41, 5.74) is 3.56. The third-order valence-corrected chi connectivity index (χ3v) is 5.90. The summed E-state index contributed by atoms with van der Waals surface area (Å²) in [6.07, 6.45) is 8.22. The standard InChI is InChI=1S/C25H21ClN6O2S/c1-35(2,33)32-16-10-11-21(22(13-16)34-23-9-5-6-12-27-23)30-25-29-15-19(26)24(31-25)18-14-28-20-8-4-3-7-17(18)20/h3-15,28H,1-2H3,(H,29,30,31). The predicted octanol–water partition coefficient (Wildman–Crippen LogP) is 6.57. The van der Waals surface area contributed by atoms with E-state index in [0.29, 0.717) is 39.7 Å². The number of hydrogen-bond donors (Lipinski definition) is 2. The number of H-pyrrole nitrogens is 1. The summed E-state index contributed by atoms with van der Waals surface area (Å²) in [7, 11) is -2.35. The smallest absolute Gasteiger partial charge is 0.227 e. The van der Waals surface area contributed by atoms with Crippen LogP contribution < -0.4 is 10.1 Å². The molecule has 0 atom stereocenters. The van der Waals surface area contributed by atoms with E-state index in [2.05, 4.69) is 29.6 Å². The first-order valence-corrected chi connectivity index (χ1v) is 13.3. The van der Waals surface area contributed by atoms with Crippen molar-refractivity contribution in [3.8, 4) is 22.9 Å². The average Bonchev–Trinajstić information content (AvgIpc) is 3.26. The van der Waals surface area contributed by atoms with Crippen molar-refractivity contribution in [3.05, 3.63) is 84.3 Å². The number of ether oxygens (including phenoxy) is 1. The summed E-state index contributed by atoms with van der Waals surface area (Å²) in [5.74, 6) is 1.17. The van der Waals surface area contributed by atoms with Gasteiger partial charge in [0.25, 0.3) is 0 Å². The topological polar surface area (TPSA) is 105 Å². The van der Waals surface area contributed by atoms with Gasteiger partial charge < -0.3 is 15.0 Å². The summed E-state index contributed by atoms with van der Waals surface area (Å²) in [6, 6.07) is 18.5. The number of benzene rings is 2. The minimum Gasteiger partial charge on any atom is -0.437 e. The van der Waals surface area contributed by atoms with Gasteiger partial charge in [0, 0.05) is 63.2 Å². The molecule has 0 bridgehead atoms. The number of aromatic amines is 1. The number of hydrogen-bond acceptors (Lipinski definition) is 7. The predicted molar refractivity (Wildman–Crippen MR) is 140 cm³/mol. The van der Waals surface area contributed by atoms with Gasteiger partial charge >= 0.3 is 0 Å². The summed E-state index contributed by atoms with van der Waals surface area (Å²) in [5, 5.41) is 4.64. The number of anilines is 2. The normalized spacial score (nSPS) is 11.4. The molecule has 2 N–H and O–H groups in total. The lowest BCUT2D eigenvalue weighted by atomic mass is 10.1. The van der Waals surface area contributed by atoms with Gasteiger partial charge in [-0.1, -0.05) is 35.9 Å². The largest absolute Gasteiger partial charge is 0.437 e. The van der Waals surface area contributed by atoms with Gasteiger partial charge in [0.2, 0.25) is 11.8 Å². The number of pyridine rings is 1. The van der Waals surface area contributed by atoms with Crippen LogP contribution in [0, 0.1) is 0 Å². The lowest BCUT2D eigenvalue weighted by Crippen LogP contribution is -2.01. The van der Waals surface area contributed by atoms with Gasteiger partial charge in [-0.15, -0.1) is 0 Å². The molecule has 35 heavy (non-hydrogen) atoms. The maximum Gasteiger partial charge on any atom is 0.227 e. The summed E-state index contributed by atoms with van der Waals surface area (Å²) < 4.78 is 22.5. The first-order chi connectivity index (χ1) is 16.9. The van der Waals surface area contributed by atoms with E-state index in [4.69, 9.17) is 16.3 Å². The third kappa shape index (κ3) is 5.26. The SMILES string of the molecule is CS(C)(=O)=Nc1ccc(Nc2ncc(Cl)c(-c3c[nH]c4ccccc34)n2)c(Oc2ccccn2)c1. The number of rotatable bonds is 6. The van der Waals surface area contributed by atoms with Crippen LogP contribution in [0.2, 0.25) is 5.02 Å². The molecule has 0 saturated carbocycles. The van der Waals surface area contributed by atoms with Crippen molar-refractivity contribution in [3.63, 3.8) is 0 Å². The van der Waals surface area contributed by atoms with Gasteiger partial charge in [-0.2, -0.15) is 4.36 Å². The highest BCUT2D eigenvalue weighted by atomic mass is 35.5. The Morgan fingerprint density at radius 3 is 2.69 bits per heavy atom. The van der Waals surface area contributed by atoms with Gasteiger partial charge in [0.15, 0.2) is 5.75 Å². The molecule has 0 aliphatic rings. The number of para-hydroxylation sites is 1. The Bertz CT molecular complexity index is 1640. The van der Waals surface area contributed by atoms with Crippen molar-refractivity contribution in [2.45, 2.75) is 0 Å². The van der Waals surface area contributed by atoms with Crippen molar-refractivity contribution in [1.29, 1.82) is 0 Å². The van der Waals surface area contributed by atoms with Crippen LogP contribution in [-0.2, 0) is 9.73 Å². The van der Waals surface area contributed by atoms with Gasteiger partial charge in [0.1, 0.15) is 0 Å². The second-order valence-electron chi connectivity index (χ2n) is 7.99. The highest BCUT2D eigenvalue weighted by molar-refractivity contribution is 7.92. The zero-order chi connectivity index (χ0) is 24.4. The molecule has 0 radical (unpaired) electrons. The molecular formula is C25H21ClN6O2S. The van der Waals surface area contributed by atoms with Crippen molar-refractivity contribution >= 4 is 49.6 Å². The Balaban J connectivity index is 1.54. The van der Waals surface area contributed by atoms with Crippen LogP contribution in [0.4, 0.5) is 17.3 Å². The second kappa shape index (κ2) is 9.36. The Hall–Kier alpha value is -3.95. The van der Waals surface area contributed by atoms with E-state index >= 15 is 0 Å². The Labute approximate surface area is 207 Å². The van der Waals surface area contributed by atoms with Crippen LogP contribution in [0.15, 0.2) is 83.6 Å². The molecule has 10 heteroatoms. The number of nitrogens with zero attached hydrogens (tertiary/aromatic N) is 4. The van der Waals surface area contributed by atoms with E-state index in [9.17, 15) is 4.21 Å². The van der Waals surface area contributed by atoms with Crippen molar-refractivity contribution in [2.24, 2.45) is 4.36 Å². The van der Waals surface area contributed by atoms with E-state index in [-0.39, 0.29) is 0 Å². The fourth-order valence-corrected chi connectivity index (χ4v) is 4.35. The average molecular weight is 505 g/mol. The molecule has 0 spiro atoms. The maximum atomic E-state index is 12.2. The van der Waals surface area contributed by atoms with E-state index < -0.39 is 9.73 Å². The molecule has 8 nitrogen and oxygen atoms in total. The molecule has 5 aromatic rings. The van der Waals surface area contributed by atoms with Crippen LogP contribution in [0.5, 0.6) is 11.6 Å². The fourth-order valence-electron chi connectivity index (χ4n) is 3.53. The zero-order valence-electron chi connectivity index (χ0n) is 18.9. The van der Waals surface area contributed by atoms with Crippen LogP contribution >= 0.6 is 11.6 Å². The lowest BCUT2D eigenvalue weighted by Gasteiger charge is -2.13. The Kier molecular flexibility index (Phi) is 6.10. The van der Waals surface area contributed by atoms with E-state index in [1.807, 2.05) is 36.5 Å². The Morgan fingerprint density at radius 2 is 1.89 bits per heavy atom. The van der Waals surface area contributed by atoms with Gasteiger partial charge in [0.05, 0.1) is 28.3 Å². The molecule has 0 aliphatic heterocycles. The number of aromatic nitrogens is 4. The molecular weight excluding hydrogens is 484 g/mol. The molecule has 0 saturated heterocycles. The zero-order valence-corrected chi connectivity index (χ0v) is 20.5. The molecule has 2 aromatic carbocycles. The van der Waals surface area contributed by atoms with Gasteiger partial charge in [-0.05, 0) is 24.3 Å². The summed E-state index contributed by atoms with van der Waals surface area (Å²) >= 11 is 6.47. The molecule has 0 unspecified atom stereocenters. The highest BCUT2D eigenvalue weighted by Crippen LogP contribution is 2.36. The van der Waals surface area contributed by atoms with E-state index in [1.165, 1.54) is 0 Å². The lowest BCUT2D eigenvalue weighted by molar-refractivity contribution is 0.465. The third-order valence-electron chi connectivity index (χ3n) is 4.98. The minimum atomic E-state index is -2.35. The quantitative estimate of drug-likeness (QED) is 0.271. The minimum absolute atomic E-state index is 0.333. The van der Waals surface area contributed by atoms with E-state index in [1.54, 1.807) is 55.2 Å². The molecule has 0 fully saturated rings. The maximum absolute atomic E-state index is 12.2. The van der Waals surface area contributed by atoms with Crippen LogP contribution in [0.3, 0.4) is 0 Å². The first-order valence-electron chi connectivity index (χ1n) is 10.6. The van der Waals surface area contributed by atoms with Crippen molar-refractivity contribution in [2.75, 3.05) is 17.8 Å². The van der Waals surface area contributed by atoms with E-state index in [0.717, 1.165) is 16.5 Å². The van der Waals surface area contributed by atoms with Gasteiger partial charge in [-0.3, -0.25) is 0 Å².